The molecular formula is C20H27N5. The van der Waals surface area contributed by atoms with Gasteiger partial charge in [-0.3, -0.25) is 9.88 Å². The molecule has 5 heteroatoms. The Bertz CT molecular complexity index is 685. The topological polar surface area (TPSA) is 45.2 Å². The van der Waals surface area contributed by atoms with Crippen LogP contribution in [0.3, 0.4) is 0 Å². The minimum absolute atomic E-state index is 0.608. The predicted molar refractivity (Wildman–Crippen MR) is 99.6 cm³/mol. The van der Waals surface area contributed by atoms with E-state index in [4.69, 9.17) is 4.98 Å². The van der Waals surface area contributed by atoms with Crippen LogP contribution < -0.4 is 4.90 Å². The van der Waals surface area contributed by atoms with E-state index in [2.05, 4.69) is 45.0 Å². The largest absolute Gasteiger partial charge is 0.356 e. The lowest BCUT2D eigenvalue weighted by Gasteiger charge is -2.27. The summed E-state index contributed by atoms with van der Waals surface area (Å²) in [5.41, 5.74) is 1.15. The van der Waals surface area contributed by atoms with E-state index in [1.165, 1.54) is 32.1 Å². The first-order valence-electron chi connectivity index (χ1n) is 9.47. The number of rotatable bonds is 5. The Hall–Kier alpha value is -2.01. The molecule has 1 saturated carbocycles. The van der Waals surface area contributed by atoms with Crippen LogP contribution in [-0.2, 0) is 6.54 Å². The molecule has 2 fully saturated rings. The molecular weight excluding hydrogens is 310 g/mol. The molecule has 0 amide bonds. The van der Waals surface area contributed by atoms with Gasteiger partial charge in [-0.2, -0.15) is 0 Å². The summed E-state index contributed by atoms with van der Waals surface area (Å²) in [5.74, 6) is 2.78. The Kier molecular flexibility index (Phi) is 4.92. The van der Waals surface area contributed by atoms with Crippen LogP contribution in [0.2, 0.25) is 0 Å². The van der Waals surface area contributed by atoms with E-state index < -0.39 is 0 Å². The molecule has 0 spiro atoms. The van der Waals surface area contributed by atoms with Crippen LogP contribution in [0, 0.1) is 0 Å². The zero-order valence-corrected chi connectivity index (χ0v) is 15.0. The van der Waals surface area contributed by atoms with Crippen molar-refractivity contribution in [2.24, 2.45) is 0 Å². The molecule has 4 rings (SSSR count). The van der Waals surface area contributed by atoms with Crippen LogP contribution >= 0.6 is 0 Å². The van der Waals surface area contributed by atoms with E-state index in [1.54, 1.807) is 0 Å². The zero-order chi connectivity index (χ0) is 17.1. The second-order valence-electron chi connectivity index (χ2n) is 7.36. The fourth-order valence-corrected chi connectivity index (χ4v) is 3.70. The van der Waals surface area contributed by atoms with Gasteiger partial charge in [0.1, 0.15) is 11.6 Å². The van der Waals surface area contributed by atoms with Crippen molar-refractivity contribution in [3.63, 3.8) is 0 Å². The molecule has 2 aliphatic rings. The van der Waals surface area contributed by atoms with E-state index in [1.807, 2.05) is 18.5 Å². The van der Waals surface area contributed by atoms with Crippen molar-refractivity contribution in [3.8, 4) is 0 Å². The molecule has 25 heavy (non-hydrogen) atoms. The fraction of sp³-hybridized carbons (Fsp3) is 0.550. The lowest BCUT2D eigenvalue weighted by molar-refractivity contribution is 0.215. The first kappa shape index (κ1) is 16.5. The summed E-state index contributed by atoms with van der Waals surface area (Å²) in [7, 11) is 2.23. The van der Waals surface area contributed by atoms with Crippen LogP contribution in [-0.4, -0.2) is 46.0 Å². The van der Waals surface area contributed by atoms with Gasteiger partial charge in [0.05, 0.1) is 5.69 Å². The van der Waals surface area contributed by atoms with Gasteiger partial charge < -0.3 is 4.90 Å². The van der Waals surface area contributed by atoms with Crippen molar-refractivity contribution in [2.45, 2.75) is 50.6 Å². The number of anilines is 1. The highest BCUT2D eigenvalue weighted by Crippen LogP contribution is 2.38. The van der Waals surface area contributed by atoms with E-state index in [9.17, 15) is 0 Å². The van der Waals surface area contributed by atoms with Crippen molar-refractivity contribution in [3.05, 3.63) is 48.2 Å². The Morgan fingerprint density at radius 2 is 1.96 bits per heavy atom. The Morgan fingerprint density at radius 1 is 1.04 bits per heavy atom. The van der Waals surface area contributed by atoms with Gasteiger partial charge in [-0.25, -0.2) is 9.97 Å². The second kappa shape index (κ2) is 7.48. The molecule has 1 atom stereocenters. The van der Waals surface area contributed by atoms with E-state index >= 15 is 0 Å². The van der Waals surface area contributed by atoms with Crippen molar-refractivity contribution in [2.75, 3.05) is 25.0 Å². The minimum atomic E-state index is 0.608. The van der Waals surface area contributed by atoms with Gasteiger partial charge in [-0.05, 0) is 57.4 Å². The lowest BCUT2D eigenvalue weighted by Crippen LogP contribution is -2.33. The standard InChI is InChI=1S/C20H27N5/c1-24(15-17-5-2-3-11-21-17)18-6-4-13-25(14-10-18)19-9-12-22-20(23-19)16-7-8-16/h2-3,5,9,11-12,16,18H,4,6-8,10,13-15H2,1H3/t18-/m0/s1. The van der Waals surface area contributed by atoms with Crippen LogP contribution in [0.4, 0.5) is 5.82 Å². The maximum Gasteiger partial charge on any atom is 0.133 e. The summed E-state index contributed by atoms with van der Waals surface area (Å²) in [5, 5.41) is 0. The van der Waals surface area contributed by atoms with E-state index in [-0.39, 0.29) is 0 Å². The van der Waals surface area contributed by atoms with Gasteiger partial charge in [-0.15, -0.1) is 0 Å². The predicted octanol–water partition coefficient (Wildman–Crippen LogP) is 3.24. The summed E-state index contributed by atoms with van der Waals surface area (Å²) in [6.07, 6.45) is 9.94. The third-order valence-electron chi connectivity index (χ3n) is 5.38. The van der Waals surface area contributed by atoms with Crippen LogP contribution in [0.1, 0.15) is 49.5 Å². The molecule has 1 aliphatic carbocycles. The molecule has 0 aromatic carbocycles. The van der Waals surface area contributed by atoms with Crippen LogP contribution in [0.15, 0.2) is 36.7 Å². The van der Waals surface area contributed by atoms with Crippen molar-refractivity contribution < 1.29 is 0 Å². The third kappa shape index (κ3) is 4.15. The molecule has 0 N–H and O–H groups in total. The Balaban J connectivity index is 1.37. The normalized spacial score (nSPS) is 21.4. The molecule has 0 bridgehead atoms. The molecule has 1 saturated heterocycles. The summed E-state index contributed by atoms with van der Waals surface area (Å²) in [6.45, 7) is 3.08. The Morgan fingerprint density at radius 3 is 2.76 bits per heavy atom. The first-order valence-corrected chi connectivity index (χ1v) is 9.47. The van der Waals surface area contributed by atoms with E-state index in [0.29, 0.717) is 12.0 Å². The zero-order valence-electron chi connectivity index (χ0n) is 15.0. The highest BCUT2D eigenvalue weighted by Gasteiger charge is 2.27. The van der Waals surface area contributed by atoms with Gasteiger partial charge in [0, 0.05) is 44.0 Å². The molecule has 3 heterocycles. The number of aromatic nitrogens is 3. The first-order chi connectivity index (χ1) is 12.3. The SMILES string of the molecule is CN(Cc1ccccn1)[C@H]1CCCN(c2ccnc(C3CC3)n2)CC1. The average Bonchev–Trinajstić information content (AvgIpc) is 3.49. The lowest BCUT2D eigenvalue weighted by atomic mass is 10.1. The average molecular weight is 337 g/mol. The molecule has 0 unspecified atom stereocenters. The number of pyridine rings is 1. The minimum Gasteiger partial charge on any atom is -0.356 e. The fourth-order valence-electron chi connectivity index (χ4n) is 3.70. The molecule has 2 aromatic rings. The maximum atomic E-state index is 4.83. The number of nitrogens with zero attached hydrogens (tertiary/aromatic N) is 5. The second-order valence-corrected chi connectivity index (χ2v) is 7.36. The van der Waals surface area contributed by atoms with Crippen molar-refractivity contribution in [1.29, 1.82) is 0 Å². The monoisotopic (exact) mass is 337 g/mol. The van der Waals surface area contributed by atoms with Crippen molar-refractivity contribution >= 4 is 5.82 Å². The van der Waals surface area contributed by atoms with Gasteiger partial charge in [-0.1, -0.05) is 6.07 Å². The highest BCUT2D eigenvalue weighted by molar-refractivity contribution is 5.38. The van der Waals surface area contributed by atoms with Gasteiger partial charge in [0.2, 0.25) is 0 Å². The Labute approximate surface area is 150 Å². The highest BCUT2D eigenvalue weighted by atomic mass is 15.2. The van der Waals surface area contributed by atoms with Crippen LogP contribution in [0.5, 0.6) is 0 Å². The van der Waals surface area contributed by atoms with Gasteiger partial charge in [0.15, 0.2) is 0 Å². The number of hydrogen-bond acceptors (Lipinski definition) is 5. The summed E-state index contributed by atoms with van der Waals surface area (Å²) in [6, 6.07) is 8.84. The summed E-state index contributed by atoms with van der Waals surface area (Å²) < 4.78 is 0. The molecule has 1 aliphatic heterocycles. The van der Waals surface area contributed by atoms with Gasteiger partial charge in [0.25, 0.3) is 0 Å². The number of hydrogen-bond donors (Lipinski definition) is 0. The van der Waals surface area contributed by atoms with E-state index in [0.717, 1.165) is 37.0 Å². The molecule has 5 nitrogen and oxygen atoms in total. The molecule has 0 radical (unpaired) electrons. The molecule has 132 valence electrons. The summed E-state index contributed by atoms with van der Waals surface area (Å²) >= 11 is 0. The quantitative estimate of drug-likeness (QED) is 0.838. The van der Waals surface area contributed by atoms with Gasteiger partial charge >= 0.3 is 0 Å². The molecule has 2 aromatic heterocycles. The van der Waals surface area contributed by atoms with Crippen molar-refractivity contribution in [1.82, 2.24) is 19.9 Å². The third-order valence-corrected chi connectivity index (χ3v) is 5.38. The smallest absolute Gasteiger partial charge is 0.133 e. The maximum absolute atomic E-state index is 4.83. The summed E-state index contributed by atoms with van der Waals surface area (Å²) in [4.78, 5) is 18.7. The van der Waals surface area contributed by atoms with Crippen LogP contribution in [0.25, 0.3) is 0 Å².